The zero-order valence-electron chi connectivity index (χ0n) is 11.9. The largest absolute Gasteiger partial charge is 0.356 e. The Balaban J connectivity index is 1.71. The van der Waals surface area contributed by atoms with Gasteiger partial charge in [-0.2, -0.15) is 0 Å². The molecule has 2 nitrogen and oxygen atoms in total. The number of aromatic nitrogens is 1. The minimum atomic E-state index is -0.301. The lowest BCUT2D eigenvalue weighted by Gasteiger charge is -2.45. The second-order valence-electron chi connectivity index (χ2n) is 6.32. The van der Waals surface area contributed by atoms with E-state index >= 15 is 0 Å². The van der Waals surface area contributed by atoms with Gasteiger partial charge < -0.3 is 4.90 Å². The molecule has 3 rings (SSSR count). The van der Waals surface area contributed by atoms with E-state index in [1.165, 1.54) is 57.2 Å². The summed E-state index contributed by atoms with van der Waals surface area (Å²) in [6.07, 6.45) is 10.8. The van der Waals surface area contributed by atoms with Crippen LogP contribution in [0.15, 0.2) is 12.3 Å². The fourth-order valence-corrected chi connectivity index (χ4v) is 4.05. The van der Waals surface area contributed by atoms with Gasteiger partial charge in [-0.15, -0.1) is 11.6 Å². The lowest BCUT2D eigenvalue weighted by Crippen LogP contribution is -2.41. The predicted octanol–water partition coefficient (Wildman–Crippen LogP) is 4.51. The first-order chi connectivity index (χ1) is 9.72. The van der Waals surface area contributed by atoms with Crippen LogP contribution in [0, 0.1) is 11.2 Å². The van der Waals surface area contributed by atoms with E-state index in [0.717, 1.165) is 24.5 Å². The second kappa shape index (κ2) is 5.88. The molecule has 0 bridgehead atoms. The van der Waals surface area contributed by atoms with Crippen molar-refractivity contribution in [3.05, 3.63) is 23.6 Å². The highest BCUT2D eigenvalue weighted by Gasteiger charge is 2.36. The fraction of sp³-hybridized carbons (Fsp3) is 0.688. The van der Waals surface area contributed by atoms with Crippen molar-refractivity contribution < 1.29 is 4.39 Å². The van der Waals surface area contributed by atoms with Crippen LogP contribution in [0.4, 0.5) is 10.2 Å². The SMILES string of the molecule is Fc1cnc(N2CCC3(CCCCC3)CC2)c(CCl)c1. The summed E-state index contributed by atoms with van der Waals surface area (Å²) in [7, 11) is 0. The summed E-state index contributed by atoms with van der Waals surface area (Å²) in [4.78, 5) is 6.56. The topological polar surface area (TPSA) is 16.1 Å². The molecule has 2 heterocycles. The Morgan fingerprint density at radius 2 is 1.85 bits per heavy atom. The van der Waals surface area contributed by atoms with Gasteiger partial charge in [0, 0.05) is 18.7 Å². The number of halogens is 2. The molecule has 0 atom stereocenters. The van der Waals surface area contributed by atoms with Crippen LogP contribution in [-0.2, 0) is 5.88 Å². The van der Waals surface area contributed by atoms with Gasteiger partial charge in [-0.25, -0.2) is 9.37 Å². The smallest absolute Gasteiger partial charge is 0.141 e. The molecule has 1 saturated carbocycles. The number of alkyl halides is 1. The van der Waals surface area contributed by atoms with Gasteiger partial charge in [-0.3, -0.25) is 0 Å². The average molecular weight is 297 g/mol. The fourth-order valence-electron chi connectivity index (χ4n) is 3.85. The molecule has 110 valence electrons. The molecule has 0 amide bonds. The van der Waals surface area contributed by atoms with Crippen molar-refractivity contribution in [3.63, 3.8) is 0 Å². The van der Waals surface area contributed by atoms with Crippen molar-refractivity contribution in [3.8, 4) is 0 Å². The highest BCUT2D eigenvalue weighted by molar-refractivity contribution is 6.17. The van der Waals surface area contributed by atoms with E-state index in [4.69, 9.17) is 11.6 Å². The van der Waals surface area contributed by atoms with Crippen LogP contribution >= 0.6 is 11.6 Å². The molecule has 2 aliphatic rings. The van der Waals surface area contributed by atoms with Gasteiger partial charge in [-0.05, 0) is 37.2 Å². The maximum atomic E-state index is 13.2. The molecule has 0 N–H and O–H groups in total. The summed E-state index contributed by atoms with van der Waals surface area (Å²) in [5.41, 5.74) is 1.39. The summed E-state index contributed by atoms with van der Waals surface area (Å²) in [5.74, 6) is 0.902. The Morgan fingerprint density at radius 3 is 2.50 bits per heavy atom. The average Bonchev–Trinajstić information content (AvgIpc) is 2.49. The van der Waals surface area contributed by atoms with Gasteiger partial charge in [0.05, 0.1) is 12.1 Å². The van der Waals surface area contributed by atoms with Crippen molar-refractivity contribution in [1.29, 1.82) is 0 Å². The number of rotatable bonds is 2. The molecule has 1 aromatic heterocycles. The third kappa shape index (κ3) is 2.78. The number of anilines is 1. The van der Waals surface area contributed by atoms with Crippen LogP contribution < -0.4 is 4.90 Å². The Bertz CT molecular complexity index is 462. The van der Waals surface area contributed by atoms with Gasteiger partial charge in [0.2, 0.25) is 0 Å². The molecule has 1 spiro atoms. The molecule has 2 fully saturated rings. The first-order valence-corrected chi connectivity index (χ1v) is 8.21. The number of pyridine rings is 1. The van der Waals surface area contributed by atoms with Gasteiger partial charge in [0.15, 0.2) is 0 Å². The van der Waals surface area contributed by atoms with Gasteiger partial charge >= 0.3 is 0 Å². The molecular formula is C16H22ClFN2. The Hall–Kier alpha value is -0.830. The maximum absolute atomic E-state index is 13.2. The first kappa shape index (κ1) is 14.1. The van der Waals surface area contributed by atoms with Crippen LogP contribution in [0.2, 0.25) is 0 Å². The minimum Gasteiger partial charge on any atom is -0.356 e. The van der Waals surface area contributed by atoms with Crippen LogP contribution in [0.3, 0.4) is 0 Å². The highest BCUT2D eigenvalue weighted by Crippen LogP contribution is 2.45. The number of piperidine rings is 1. The van der Waals surface area contributed by atoms with Crippen molar-refractivity contribution >= 4 is 17.4 Å². The lowest BCUT2D eigenvalue weighted by molar-refractivity contribution is 0.144. The van der Waals surface area contributed by atoms with Gasteiger partial charge in [0.25, 0.3) is 0 Å². The molecule has 1 saturated heterocycles. The van der Waals surface area contributed by atoms with Crippen molar-refractivity contribution in [1.82, 2.24) is 4.98 Å². The van der Waals surface area contributed by atoms with Gasteiger partial charge in [0.1, 0.15) is 11.6 Å². The van der Waals surface area contributed by atoms with Crippen LogP contribution in [0.25, 0.3) is 0 Å². The monoisotopic (exact) mass is 296 g/mol. The third-order valence-corrected chi connectivity index (χ3v) is 5.38. The lowest BCUT2D eigenvalue weighted by atomic mass is 9.68. The summed E-state index contributed by atoms with van der Waals surface area (Å²) < 4.78 is 13.2. The zero-order chi connectivity index (χ0) is 14.0. The van der Waals surface area contributed by atoms with E-state index in [0.29, 0.717) is 11.3 Å². The van der Waals surface area contributed by atoms with Gasteiger partial charge in [-0.1, -0.05) is 19.3 Å². The molecule has 1 aromatic rings. The summed E-state index contributed by atoms with van der Waals surface area (Å²) in [6.45, 7) is 2.06. The summed E-state index contributed by atoms with van der Waals surface area (Å²) in [5, 5.41) is 0. The van der Waals surface area contributed by atoms with E-state index in [-0.39, 0.29) is 5.82 Å². The van der Waals surface area contributed by atoms with Crippen molar-refractivity contribution in [2.24, 2.45) is 5.41 Å². The quantitative estimate of drug-likeness (QED) is 0.747. The first-order valence-electron chi connectivity index (χ1n) is 7.68. The molecule has 0 unspecified atom stereocenters. The summed E-state index contributed by atoms with van der Waals surface area (Å²) >= 11 is 5.93. The van der Waals surface area contributed by atoms with E-state index in [2.05, 4.69) is 9.88 Å². The molecule has 0 radical (unpaired) electrons. The standard InChI is InChI=1S/C16H22ClFN2/c17-11-13-10-14(18)12-19-15(13)20-8-6-16(7-9-20)4-2-1-3-5-16/h10,12H,1-9,11H2. The van der Waals surface area contributed by atoms with Crippen LogP contribution in [0.5, 0.6) is 0 Å². The zero-order valence-corrected chi connectivity index (χ0v) is 12.6. The molecule has 1 aliphatic heterocycles. The molecule has 20 heavy (non-hydrogen) atoms. The third-order valence-electron chi connectivity index (χ3n) is 5.09. The van der Waals surface area contributed by atoms with Crippen molar-refractivity contribution in [2.45, 2.75) is 50.8 Å². The number of hydrogen-bond donors (Lipinski definition) is 0. The van der Waals surface area contributed by atoms with Crippen molar-refractivity contribution in [2.75, 3.05) is 18.0 Å². The van der Waals surface area contributed by atoms with Crippen LogP contribution in [0.1, 0.15) is 50.5 Å². The summed E-state index contributed by atoms with van der Waals surface area (Å²) in [6, 6.07) is 1.51. The Morgan fingerprint density at radius 1 is 1.15 bits per heavy atom. The molecule has 0 aromatic carbocycles. The maximum Gasteiger partial charge on any atom is 0.141 e. The van der Waals surface area contributed by atoms with E-state index in [1.54, 1.807) is 0 Å². The van der Waals surface area contributed by atoms with E-state index in [1.807, 2.05) is 0 Å². The normalized spacial score (nSPS) is 22.2. The van der Waals surface area contributed by atoms with Crippen LogP contribution in [-0.4, -0.2) is 18.1 Å². The minimum absolute atomic E-state index is 0.301. The predicted molar refractivity (Wildman–Crippen MR) is 80.7 cm³/mol. The molecule has 1 aliphatic carbocycles. The Labute approximate surface area is 125 Å². The molecule has 4 heteroatoms. The second-order valence-corrected chi connectivity index (χ2v) is 6.58. The van der Waals surface area contributed by atoms with E-state index in [9.17, 15) is 4.39 Å². The van der Waals surface area contributed by atoms with E-state index < -0.39 is 0 Å². The highest BCUT2D eigenvalue weighted by atomic mass is 35.5. The number of nitrogens with zero attached hydrogens (tertiary/aromatic N) is 2. The number of hydrogen-bond acceptors (Lipinski definition) is 2. The molecular weight excluding hydrogens is 275 g/mol. The Kier molecular flexibility index (Phi) is 4.16.